The smallest absolute Gasteiger partial charge is 0.241 e. The van der Waals surface area contributed by atoms with Crippen molar-refractivity contribution in [2.24, 2.45) is 5.10 Å². The second kappa shape index (κ2) is 10.5. The molecule has 0 unspecified atom stereocenters. The van der Waals surface area contributed by atoms with Crippen molar-refractivity contribution >= 4 is 40.3 Å². The van der Waals surface area contributed by atoms with E-state index < -0.39 is 5.37 Å². The number of halogens is 1. The molecule has 2 amide bonds. The summed E-state index contributed by atoms with van der Waals surface area (Å²) in [6, 6.07) is 13.1. The molecule has 9 heteroatoms. The Morgan fingerprint density at radius 1 is 1.16 bits per heavy atom. The lowest BCUT2D eigenvalue weighted by Gasteiger charge is -2.22. The molecule has 7 nitrogen and oxygen atoms in total. The Bertz CT molecular complexity index is 998. The number of nitrogens with zero attached hydrogens (tertiary/aromatic N) is 2. The highest BCUT2D eigenvalue weighted by Gasteiger charge is 2.34. The van der Waals surface area contributed by atoms with Crippen molar-refractivity contribution in [1.82, 2.24) is 10.3 Å². The number of ether oxygens (including phenoxy) is 2. The van der Waals surface area contributed by atoms with Crippen molar-refractivity contribution in [3.05, 3.63) is 58.6 Å². The Balaban J connectivity index is 1.65. The predicted octanol–water partition coefficient (Wildman–Crippen LogP) is 4.50. The van der Waals surface area contributed by atoms with E-state index in [9.17, 15) is 9.59 Å². The van der Waals surface area contributed by atoms with E-state index in [1.165, 1.54) is 30.6 Å². The van der Waals surface area contributed by atoms with Crippen LogP contribution in [0.5, 0.6) is 11.5 Å². The van der Waals surface area contributed by atoms with Crippen molar-refractivity contribution in [1.29, 1.82) is 0 Å². The predicted molar refractivity (Wildman–Crippen MR) is 122 cm³/mol. The van der Waals surface area contributed by atoms with Crippen LogP contribution in [0.3, 0.4) is 0 Å². The van der Waals surface area contributed by atoms with Crippen LogP contribution in [0, 0.1) is 6.92 Å². The van der Waals surface area contributed by atoms with Crippen LogP contribution in [-0.4, -0.2) is 35.2 Å². The van der Waals surface area contributed by atoms with E-state index in [0.717, 1.165) is 11.3 Å². The van der Waals surface area contributed by atoms with Gasteiger partial charge >= 0.3 is 0 Å². The van der Waals surface area contributed by atoms with Gasteiger partial charge in [0.1, 0.15) is 16.9 Å². The van der Waals surface area contributed by atoms with Crippen LogP contribution in [0.2, 0.25) is 5.02 Å². The Morgan fingerprint density at radius 2 is 1.94 bits per heavy atom. The minimum atomic E-state index is -0.489. The Hall–Kier alpha value is -2.71. The second-order valence-corrected chi connectivity index (χ2v) is 8.47. The number of hydrazone groups is 1. The first-order valence-electron chi connectivity index (χ1n) is 9.78. The summed E-state index contributed by atoms with van der Waals surface area (Å²) in [6.45, 7) is 5.77. The zero-order valence-corrected chi connectivity index (χ0v) is 19.1. The van der Waals surface area contributed by atoms with Crippen LogP contribution in [-0.2, 0) is 9.59 Å². The van der Waals surface area contributed by atoms with E-state index in [4.69, 9.17) is 21.1 Å². The van der Waals surface area contributed by atoms with E-state index in [2.05, 4.69) is 10.4 Å². The number of carbonyl (C=O) groups is 2. The average Bonchev–Trinajstić information content (AvgIpc) is 3.12. The normalized spacial score (nSPS) is 15.4. The second-order valence-electron chi connectivity index (χ2n) is 6.97. The number of thioether (sulfide) groups is 1. The molecular formula is C22H24ClN3O4S. The molecule has 1 heterocycles. The molecule has 1 atom stereocenters. The first-order chi connectivity index (χ1) is 14.8. The molecule has 3 rings (SSSR count). The van der Waals surface area contributed by atoms with Gasteiger partial charge in [-0.15, -0.1) is 5.10 Å². The van der Waals surface area contributed by atoms with E-state index in [1.54, 1.807) is 18.2 Å². The highest BCUT2D eigenvalue weighted by molar-refractivity contribution is 8.14. The lowest BCUT2D eigenvalue weighted by atomic mass is 10.2. The minimum Gasteiger partial charge on any atom is -0.493 e. The van der Waals surface area contributed by atoms with Gasteiger partial charge in [-0.1, -0.05) is 35.5 Å². The number of carbonyl (C=O) groups excluding carboxylic acids is 2. The fraction of sp³-hybridized carbons (Fsp3) is 0.318. The van der Waals surface area contributed by atoms with Gasteiger partial charge in [0.25, 0.3) is 0 Å². The third-order valence-electron chi connectivity index (χ3n) is 4.29. The van der Waals surface area contributed by atoms with Crippen LogP contribution in [0.25, 0.3) is 0 Å². The zero-order chi connectivity index (χ0) is 22.4. The third kappa shape index (κ3) is 6.38. The molecule has 0 spiro atoms. The molecule has 164 valence electrons. The van der Waals surface area contributed by atoms with Gasteiger partial charge in [-0.05, 0) is 42.8 Å². The number of rotatable bonds is 7. The monoisotopic (exact) mass is 461 g/mol. The molecule has 2 aromatic rings. The van der Waals surface area contributed by atoms with Crippen molar-refractivity contribution < 1.29 is 19.1 Å². The van der Waals surface area contributed by atoms with Crippen LogP contribution in [0.1, 0.15) is 36.8 Å². The number of benzene rings is 2. The molecule has 1 aliphatic rings. The minimum absolute atomic E-state index is 0.254. The van der Waals surface area contributed by atoms with Gasteiger partial charge in [-0.25, -0.2) is 5.01 Å². The molecule has 0 fully saturated rings. The molecule has 1 aliphatic heterocycles. The lowest BCUT2D eigenvalue weighted by Crippen LogP contribution is -2.25. The topological polar surface area (TPSA) is 80.2 Å². The number of hydrogen-bond acceptors (Lipinski definition) is 6. The summed E-state index contributed by atoms with van der Waals surface area (Å²) in [5, 5.41) is 8.54. The van der Waals surface area contributed by atoms with Crippen LogP contribution < -0.4 is 14.8 Å². The zero-order valence-electron chi connectivity index (χ0n) is 17.6. The van der Waals surface area contributed by atoms with Crippen molar-refractivity contribution in [3.63, 3.8) is 0 Å². The molecule has 0 aliphatic carbocycles. The maximum Gasteiger partial charge on any atom is 0.241 e. The maximum absolute atomic E-state index is 12.1. The van der Waals surface area contributed by atoms with Crippen LogP contribution in [0.4, 0.5) is 0 Å². The standard InChI is InChI=1S/C22H24ClN3O4S/c1-14-6-4-7-18(12-14)29-10-5-11-30-20-9-8-17(23)13-19(20)21-26(16(3)28)25-22(31-21)24-15(2)27/h4,6-9,12-13,21H,5,10-11H2,1-3H3,(H,24,25,27)/t21-/m0/s1. The third-order valence-corrected chi connectivity index (χ3v) is 5.61. The molecular weight excluding hydrogens is 438 g/mol. The van der Waals surface area contributed by atoms with E-state index in [0.29, 0.717) is 41.1 Å². The summed E-state index contributed by atoms with van der Waals surface area (Å²) in [5.41, 5.74) is 1.85. The summed E-state index contributed by atoms with van der Waals surface area (Å²) < 4.78 is 11.7. The Kier molecular flexibility index (Phi) is 7.81. The van der Waals surface area contributed by atoms with Gasteiger partial charge in [0.05, 0.1) is 13.2 Å². The highest BCUT2D eigenvalue weighted by atomic mass is 35.5. The lowest BCUT2D eigenvalue weighted by molar-refractivity contribution is -0.129. The summed E-state index contributed by atoms with van der Waals surface area (Å²) >= 11 is 7.47. The molecule has 31 heavy (non-hydrogen) atoms. The van der Waals surface area contributed by atoms with Gasteiger partial charge in [-0.2, -0.15) is 0 Å². The average molecular weight is 462 g/mol. The number of hydrogen-bond donors (Lipinski definition) is 1. The van der Waals surface area contributed by atoms with Gasteiger partial charge in [0.2, 0.25) is 11.8 Å². The highest BCUT2D eigenvalue weighted by Crippen LogP contribution is 2.43. The summed E-state index contributed by atoms with van der Waals surface area (Å²) in [6.07, 6.45) is 0.678. The van der Waals surface area contributed by atoms with Crippen molar-refractivity contribution in [2.45, 2.75) is 32.6 Å². The largest absolute Gasteiger partial charge is 0.493 e. The Morgan fingerprint density at radius 3 is 2.65 bits per heavy atom. The van der Waals surface area contributed by atoms with Gasteiger partial charge in [0, 0.05) is 30.9 Å². The molecule has 0 radical (unpaired) electrons. The molecule has 1 N–H and O–H groups in total. The fourth-order valence-electron chi connectivity index (χ4n) is 2.95. The van der Waals surface area contributed by atoms with E-state index >= 15 is 0 Å². The number of amidine groups is 1. The number of aryl methyl sites for hydroxylation is 1. The first-order valence-corrected chi connectivity index (χ1v) is 11.0. The number of nitrogens with one attached hydrogen (secondary N) is 1. The van der Waals surface area contributed by atoms with Crippen molar-refractivity contribution in [3.8, 4) is 11.5 Å². The SMILES string of the molecule is CC(=O)NC1=NN(C(C)=O)[C@H](c2cc(Cl)ccc2OCCCOc2cccc(C)c2)S1. The van der Waals surface area contributed by atoms with E-state index in [1.807, 2.05) is 31.2 Å². The quantitative estimate of drug-likeness (QED) is 0.614. The first kappa shape index (κ1) is 23.0. The van der Waals surface area contributed by atoms with Crippen molar-refractivity contribution in [2.75, 3.05) is 13.2 Å². The number of amides is 2. The maximum atomic E-state index is 12.1. The summed E-state index contributed by atoms with van der Waals surface area (Å²) in [7, 11) is 0. The summed E-state index contributed by atoms with van der Waals surface area (Å²) in [5.74, 6) is 0.916. The van der Waals surface area contributed by atoms with Crippen LogP contribution >= 0.6 is 23.4 Å². The van der Waals surface area contributed by atoms with Gasteiger partial charge in [-0.3, -0.25) is 9.59 Å². The molecule has 0 bridgehead atoms. The molecule has 0 aromatic heterocycles. The van der Waals surface area contributed by atoms with Gasteiger partial charge in [0.15, 0.2) is 5.17 Å². The van der Waals surface area contributed by atoms with Gasteiger partial charge < -0.3 is 14.8 Å². The summed E-state index contributed by atoms with van der Waals surface area (Å²) in [4.78, 5) is 23.5. The van der Waals surface area contributed by atoms with Crippen LogP contribution in [0.15, 0.2) is 47.6 Å². The molecule has 0 saturated heterocycles. The Labute approximate surface area is 190 Å². The van der Waals surface area contributed by atoms with E-state index in [-0.39, 0.29) is 11.8 Å². The molecule has 2 aromatic carbocycles. The fourth-order valence-corrected chi connectivity index (χ4v) is 4.28. The molecule has 0 saturated carbocycles.